The van der Waals surface area contributed by atoms with E-state index in [1.165, 1.54) is 11.1 Å². The number of hydrogen-bond acceptors (Lipinski definition) is 9. The van der Waals surface area contributed by atoms with Crippen LogP contribution in [0.1, 0.15) is 54.1 Å². The topological polar surface area (TPSA) is 83.9 Å². The second-order valence-corrected chi connectivity index (χ2v) is 17.0. The fourth-order valence-electron chi connectivity index (χ4n) is 8.68. The molecule has 0 aromatic heterocycles. The highest BCUT2D eigenvalue weighted by molar-refractivity contribution is 7.75. The van der Waals surface area contributed by atoms with Gasteiger partial charge in [0.2, 0.25) is 0 Å². The number of hydrogen-bond donors (Lipinski definition) is 0. The predicted octanol–water partition coefficient (Wildman–Crippen LogP) is 5.98. The fraction of sp³-hybridized carbons (Fsp3) is 0.615. The molecule has 1 saturated carbocycles. The number of carbonyl (C=O) groups excluding carboxylic acids is 1. The van der Waals surface area contributed by atoms with E-state index in [2.05, 4.69) is 57.4 Å². The molecular weight excluding hydrogens is 672 g/mol. The lowest BCUT2D eigenvalue weighted by Gasteiger charge is -2.46. The van der Waals surface area contributed by atoms with Crippen LogP contribution in [0.25, 0.3) is 0 Å². The summed E-state index contributed by atoms with van der Waals surface area (Å²) >= 11 is 6.46. The van der Waals surface area contributed by atoms with Crippen molar-refractivity contribution in [2.45, 2.75) is 62.7 Å². The van der Waals surface area contributed by atoms with E-state index in [-0.39, 0.29) is 29.3 Å². The molecule has 11 heteroatoms. The molecule has 7 rings (SSSR count). The smallest absolute Gasteiger partial charge is 0.254 e. The van der Waals surface area contributed by atoms with Gasteiger partial charge in [0.25, 0.3) is 5.91 Å². The first-order valence-corrected chi connectivity index (χ1v) is 19.9. The third-order valence-corrected chi connectivity index (χ3v) is 13.4. The minimum atomic E-state index is -1.71. The van der Waals surface area contributed by atoms with Gasteiger partial charge in [-0.1, -0.05) is 42.5 Å². The number of amides is 1. The van der Waals surface area contributed by atoms with Crippen molar-refractivity contribution in [2.24, 2.45) is 22.1 Å². The standard InChI is InChI=1S/C39H52ClN4O5S/c1-26-23-50(46)41-38(45)28-8-12-37-34(19-28)44(24-39(25-49-37)15-5-6-27-18-30(40)9-11-33(27)39)20-29-7-10-32(29)36(47-4)14-13-35(26)48-17-16-43-21-31(22-43)42(2)3/h8-9,11-14,18-19,26,29,31-32,35-36H,5-7,10,15-17,20-25H2,1-4H3/q-1/b14-13+/t26-,29+,32-,35+,36+,39+/m1/s1. The summed E-state index contributed by atoms with van der Waals surface area (Å²) in [6.45, 7) is 7.68. The van der Waals surface area contributed by atoms with E-state index in [4.69, 9.17) is 25.8 Å². The van der Waals surface area contributed by atoms with Gasteiger partial charge in [-0.05, 0) is 105 Å². The molecule has 0 unspecified atom stereocenters. The summed E-state index contributed by atoms with van der Waals surface area (Å²) in [6, 6.07) is 12.5. The SMILES string of the molecule is CO[C@H]1/C=C/[C@H](OCCN2CC(N(C)C)C2)[C@H](C)C[S-](=O)=NC(=O)c2ccc3c(c2)N(C[C@@H]2CC[C@H]21)C[C@@]1(CCCc2cc(Cl)ccc21)CO3. The van der Waals surface area contributed by atoms with Crippen molar-refractivity contribution >= 4 is 33.8 Å². The van der Waals surface area contributed by atoms with Gasteiger partial charge in [-0.15, -0.1) is 0 Å². The zero-order valence-corrected chi connectivity index (χ0v) is 31.5. The van der Waals surface area contributed by atoms with Crippen molar-refractivity contribution < 1.29 is 23.2 Å². The van der Waals surface area contributed by atoms with Crippen LogP contribution in [0.5, 0.6) is 5.75 Å². The summed E-state index contributed by atoms with van der Waals surface area (Å²) in [5.74, 6) is 1.16. The molecule has 2 bridgehead atoms. The molecular formula is C39H52ClN4O5S-. The Kier molecular flexibility index (Phi) is 11.0. The van der Waals surface area contributed by atoms with Gasteiger partial charge >= 0.3 is 0 Å². The Hall–Kier alpha value is -2.47. The molecule has 1 saturated heterocycles. The second kappa shape index (κ2) is 15.2. The number of likely N-dealkylation sites (tertiary alicyclic amines) is 1. The van der Waals surface area contributed by atoms with E-state index in [0.29, 0.717) is 36.7 Å². The zero-order chi connectivity index (χ0) is 35.0. The van der Waals surface area contributed by atoms with Gasteiger partial charge in [-0.3, -0.25) is 9.69 Å². The summed E-state index contributed by atoms with van der Waals surface area (Å²) in [5, 5.41) is 0.764. The summed E-state index contributed by atoms with van der Waals surface area (Å²) in [5.41, 5.74) is 3.72. The molecule has 3 aliphatic heterocycles. The Balaban J connectivity index is 1.18. The number of likely N-dealkylation sites (N-methyl/N-ethyl adjacent to an activating group) is 1. The number of carbonyl (C=O) groups is 1. The maximum Gasteiger partial charge on any atom is 0.254 e. The quantitative estimate of drug-likeness (QED) is 0.266. The number of fused-ring (bicyclic) bond motifs is 4. The molecule has 3 heterocycles. The monoisotopic (exact) mass is 723 g/mol. The summed E-state index contributed by atoms with van der Waals surface area (Å²) in [6.07, 6.45) is 9.22. The minimum Gasteiger partial charge on any atom is -0.490 e. The van der Waals surface area contributed by atoms with Crippen molar-refractivity contribution in [3.05, 3.63) is 70.3 Å². The van der Waals surface area contributed by atoms with Gasteiger partial charge in [-0.25, -0.2) is 0 Å². The highest BCUT2D eigenvalue weighted by Crippen LogP contribution is 2.47. The first-order chi connectivity index (χ1) is 24.1. The largest absolute Gasteiger partial charge is 0.490 e. The van der Waals surface area contributed by atoms with Gasteiger partial charge in [0.15, 0.2) is 0 Å². The normalized spacial score (nSPS) is 31.5. The van der Waals surface area contributed by atoms with Crippen LogP contribution >= 0.6 is 11.6 Å². The Bertz CT molecular complexity index is 1670. The average molecular weight is 724 g/mol. The number of aryl methyl sites for hydroxylation is 1. The van der Waals surface area contributed by atoms with Crippen LogP contribution in [0.15, 0.2) is 52.9 Å². The average Bonchev–Trinajstić information content (AvgIpc) is 3.20. The lowest BCUT2D eigenvalue weighted by Crippen LogP contribution is -2.57. The summed E-state index contributed by atoms with van der Waals surface area (Å²) in [7, 11) is 4.33. The van der Waals surface area contributed by atoms with Crippen LogP contribution in [0.3, 0.4) is 0 Å². The third-order valence-electron chi connectivity index (χ3n) is 11.9. The van der Waals surface area contributed by atoms with Crippen molar-refractivity contribution in [1.29, 1.82) is 0 Å². The molecule has 2 aromatic rings. The number of nitrogens with zero attached hydrogens (tertiary/aromatic N) is 4. The van der Waals surface area contributed by atoms with Crippen molar-refractivity contribution in [1.82, 2.24) is 9.80 Å². The number of ether oxygens (including phenoxy) is 3. The third kappa shape index (κ3) is 7.53. The summed E-state index contributed by atoms with van der Waals surface area (Å²) < 4.78 is 36.8. The lowest BCUT2D eigenvalue weighted by atomic mass is 9.68. The maximum atomic E-state index is 13.5. The first kappa shape index (κ1) is 35.9. The first-order valence-electron chi connectivity index (χ1n) is 18.3. The fourth-order valence-corrected chi connectivity index (χ4v) is 9.88. The zero-order valence-electron chi connectivity index (χ0n) is 29.9. The van der Waals surface area contributed by atoms with Crippen LogP contribution in [-0.2, 0) is 36.1 Å². The molecule has 5 aliphatic rings. The van der Waals surface area contributed by atoms with Crippen LogP contribution in [0.2, 0.25) is 5.02 Å². The Morgan fingerprint density at radius 1 is 1.10 bits per heavy atom. The van der Waals surface area contributed by atoms with Gasteiger partial charge in [0.05, 0.1) is 31.1 Å². The van der Waals surface area contributed by atoms with E-state index in [1.807, 2.05) is 25.1 Å². The van der Waals surface area contributed by atoms with Crippen LogP contribution in [0, 0.1) is 17.8 Å². The van der Waals surface area contributed by atoms with Gasteiger partial charge in [0.1, 0.15) is 5.75 Å². The number of methoxy groups -OCH3 is 1. The number of benzene rings is 2. The summed E-state index contributed by atoms with van der Waals surface area (Å²) in [4.78, 5) is 20.7. The van der Waals surface area contributed by atoms with Crippen molar-refractivity contribution in [2.75, 3.05) is 77.8 Å². The lowest BCUT2D eigenvalue weighted by molar-refractivity contribution is 0.000495. The Morgan fingerprint density at radius 2 is 1.92 bits per heavy atom. The van der Waals surface area contributed by atoms with E-state index < -0.39 is 16.5 Å². The van der Waals surface area contributed by atoms with Gasteiger partial charge < -0.3 is 32.6 Å². The Morgan fingerprint density at radius 3 is 2.68 bits per heavy atom. The minimum absolute atomic E-state index is 0.0616. The molecule has 2 aliphatic carbocycles. The van der Waals surface area contributed by atoms with Crippen molar-refractivity contribution in [3.8, 4) is 5.75 Å². The van der Waals surface area contributed by atoms with Gasteiger partial charge in [0, 0.05) is 61.9 Å². The Labute approximate surface area is 304 Å². The molecule has 1 amide bonds. The van der Waals surface area contributed by atoms with E-state index in [0.717, 1.165) is 81.3 Å². The molecule has 2 fully saturated rings. The van der Waals surface area contributed by atoms with Crippen LogP contribution in [-0.4, -0.2) is 107 Å². The number of halogens is 1. The molecule has 1 spiro atoms. The van der Waals surface area contributed by atoms with Crippen LogP contribution in [0.4, 0.5) is 5.69 Å². The van der Waals surface area contributed by atoms with Crippen LogP contribution < -0.4 is 9.64 Å². The molecule has 272 valence electrons. The highest BCUT2D eigenvalue weighted by atomic mass is 35.5. The molecule has 0 radical (unpaired) electrons. The maximum absolute atomic E-state index is 13.5. The molecule has 6 atom stereocenters. The van der Waals surface area contributed by atoms with Crippen molar-refractivity contribution in [3.63, 3.8) is 0 Å². The van der Waals surface area contributed by atoms with E-state index >= 15 is 0 Å². The molecule has 9 nitrogen and oxygen atoms in total. The molecule has 0 N–H and O–H groups in total. The highest BCUT2D eigenvalue weighted by Gasteiger charge is 2.44. The predicted molar refractivity (Wildman–Crippen MR) is 199 cm³/mol. The molecule has 50 heavy (non-hydrogen) atoms. The number of rotatable bonds is 6. The number of anilines is 1. The second-order valence-electron chi connectivity index (χ2n) is 15.4. The molecule has 2 aromatic carbocycles. The van der Waals surface area contributed by atoms with E-state index in [9.17, 15) is 9.00 Å². The van der Waals surface area contributed by atoms with E-state index in [1.54, 1.807) is 13.2 Å². The van der Waals surface area contributed by atoms with Gasteiger partial charge in [-0.2, -0.15) is 10.6 Å².